The molecular formula is C15H24N2O2. The summed E-state index contributed by atoms with van der Waals surface area (Å²) < 4.78 is 5.63. The first-order valence-corrected chi connectivity index (χ1v) is 6.53. The highest BCUT2D eigenvalue weighted by atomic mass is 16.5. The van der Waals surface area contributed by atoms with Crippen molar-refractivity contribution in [2.75, 3.05) is 6.61 Å². The van der Waals surface area contributed by atoms with E-state index < -0.39 is 0 Å². The molecule has 0 bridgehead atoms. The normalized spacial score (nSPS) is 11.4. The summed E-state index contributed by atoms with van der Waals surface area (Å²) in [4.78, 5) is 10.7. The number of ether oxygens (including phenoxy) is 1. The van der Waals surface area contributed by atoms with Gasteiger partial charge in [-0.05, 0) is 33.8 Å². The Kier molecular flexibility index (Phi) is 5.36. The van der Waals surface area contributed by atoms with E-state index in [0.717, 1.165) is 17.9 Å². The molecule has 0 fully saturated rings. The summed E-state index contributed by atoms with van der Waals surface area (Å²) in [5.41, 5.74) is 7.44. The van der Waals surface area contributed by atoms with E-state index in [0.29, 0.717) is 6.61 Å². The Balaban J connectivity index is 2.71. The van der Waals surface area contributed by atoms with Crippen molar-refractivity contribution in [2.45, 2.75) is 46.2 Å². The van der Waals surface area contributed by atoms with Crippen molar-refractivity contribution < 1.29 is 9.53 Å². The van der Waals surface area contributed by atoms with Crippen LogP contribution in [0.15, 0.2) is 18.2 Å². The van der Waals surface area contributed by atoms with E-state index in [1.165, 1.54) is 5.56 Å². The van der Waals surface area contributed by atoms with E-state index >= 15 is 0 Å². The summed E-state index contributed by atoms with van der Waals surface area (Å²) in [6, 6.07) is 6.04. The van der Waals surface area contributed by atoms with Crippen LogP contribution in [0.4, 0.5) is 0 Å². The van der Waals surface area contributed by atoms with Gasteiger partial charge in [-0.3, -0.25) is 4.79 Å². The number of rotatable bonds is 6. The van der Waals surface area contributed by atoms with Crippen LogP contribution < -0.4 is 15.8 Å². The average molecular weight is 264 g/mol. The number of hydrogen-bond donors (Lipinski definition) is 2. The molecule has 0 atom stereocenters. The number of aryl methyl sites for hydroxylation is 1. The van der Waals surface area contributed by atoms with Crippen LogP contribution in [0.5, 0.6) is 5.75 Å². The summed E-state index contributed by atoms with van der Waals surface area (Å²) in [7, 11) is 0. The van der Waals surface area contributed by atoms with Crippen LogP contribution in [0.2, 0.25) is 0 Å². The van der Waals surface area contributed by atoms with Crippen LogP contribution in [0.3, 0.4) is 0 Å². The highest BCUT2D eigenvalue weighted by Gasteiger charge is 2.11. The van der Waals surface area contributed by atoms with Crippen molar-refractivity contribution in [3.63, 3.8) is 0 Å². The fourth-order valence-corrected chi connectivity index (χ4v) is 1.61. The molecule has 1 amide bonds. The van der Waals surface area contributed by atoms with E-state index in [1.807, 2.05) is 19.1 Å². The first-order valence-electron chi connectivity index (χ1n) is 6.53. The average Bonchev–Trinajstić information content (AvgIpc) is 2.27. The third kappa shape index (κ3) is 6.25. The third-order valence-electron chi connectivity index (χ3n) is 2.63. The topological polar surface area (TPSA) is 64.3 Å². The lowest BCUT2D eigenvalue weighted by Gasteiger charge is -2.22. The molecule has 0 aliphatic carbocycles. The predicted molar refractivity (Wildman–Crippen MR) is 77.1 cm³/mol. The molecular weight excluding hydrogens is 240 g/mol. The molecule has 0 radical (unpaired) electrons. The van der Waals surface area contributed by atoms with Crippen LogP contribution in [-0.4, -0.2) is 18.1 Å². The molecule has 3 N–H and O–H groups in total. The zero-order valence-corrected chi connectivity index (χ0v) is 12.2. The molecule has 0 aliphatic rings. The van der Waals surface area contributed by atoms with Gasteiger partial charge in [0.25, 0.3) is 0 Å². The molecule has 0 heterocycles. The van der Waals surface area contributed by atoms with Crippen molar-refractivity contribution in [1.29, 1.82) is 0 Å². The van der Waals surface area contributed by atoms with Gasteiger partial charge in [-0.15, -0.1) is 0 Å². The van der Waals surface area contributed by atoms with Crippen molar-refractivity contribution in [3.8, 4) is 5.75 Å². The molecule has 106 valence electrons. The van der Waals surface area contributed by atoms with Crippen molar-refractivity contribution in [3.05, 3.63) is 29.3 Å². The van der Waals surface area contributed by atoms with Crippen LogP contribution in [-0.2, 0) is 11.3 Å². The monoisotopic (exact) mass is 264 g/mol. The van der Waals surface area contributed by atoms with E-state index in [-0.39, 0.29) is 17.9 Å². The van der Waals surface area contributed by atoms with Crippen LogP contribution in [0.25, 0.3) is 0 Å². The molecule has 0 spiro atoms. The zero-order valence-electron chi connectivity index (χ0n) is 12.2. The SMILES string of the molecule is Cc1ccc(OCCC(N)=O)c(CNC(C)(C)C)c1. The summed E-state index contributed by atoms with van der Waals surface area (Å²) in [6.07, 6.45) is 0.236. The molecule has 1 rings (SSSR count). The number of nitrogens with one attached hydrogen (secondary N) is 1. The number of carbonyl (C=O) groups is 1. The van der Waals surface area contributed by atoms with Crippen LogP contribution >= 0.6 is 0 Å². The lowest BCUT2D eigenvalue weighted by atomic mass is 10.1. The molecule has 0 saturated carbocycles. The Hall–Kier alpha value is -1.55. The van der Waals surface area contributed by atoms with Gasteiger partial charge in [0.05, 0.1) is 13.0 Å². The third-order valence-corrected chi connectivity index (χ3v) is 2.63. The van der Waals surface area contributed by atoms with Gasteiger partial charge in [0.15, 0.2) is 0 Å². The number of hydrogen-bond acceptors (Lipinski definition) is 3. The van der Waals surface area contributed by atoms with Gasteiger partial charge in [-0.2, -0.15) is 0 Å². The van der Waals surface area contributed by atoms with Gasteiger partial charge in [0.1, 0.15) is 5.75 Å². The Labute approximate surface area is 115 Å². The molecule has 1 aromatic rings. The van der Waals surface area contributed by atoms with Crippen molar-refractivity contribution in [2.24, 2.45) is 5.73 Å². The zero-order chi connectivity index (χ0) is 14.5. The molecule has 0 unspecified atom stereocenters. The Morgan fingerprint density at radius 3 is 2.63 bits per heavy atom. The molecule has 4 heteroatoms. The predicted octanol–water partition coefficient (Wildman–Crippen LogP) is 2.14. The maximum Gasteiger partial charge on any atom is 0.220 e. The van der Waals surface area contributed by atoms with Gasteiger partial charge < -0.3 is 15.8 Å². The maximum absolute atomic E-state index is 10.7. The summed E-state index contributed by atoms with van der Waals surface area (Å²) >= 11 is 0. The maximum atomic E-state index is 10.7. The second-order valence-corrected chi connectivity index (χ2v) is 5.78. The number of benzene rings is 1. The summed E-state index contributed by atoms with van der Waals surface area (Å²) in [5.74, 6) is 0.463. The number of primary amides is 1. The largest absolute Gasteiger partial charge is 0.493 e. The highest BCUT2D eigenvalue weighted by molar-refractivity contribution is 5.73. The van der Waals surface area contributed by atoms with Gasteiger partial charge in [0.2, 0.25) is 5.91 Å². The Bertz CT molecular complexity index is 436. The van der Waals surface area contributed by atoms with E-state index in [1.54, 1.807) is 0 Å². The quantitative estimate of drug-likeness (QED) is 0.827. The van der Waals surface area contributed by atoms with Gasteiger partial charge in [0, 0.05) is 17.6 Å². The highest BCUT2D eigenvalue weighted by Crippen LogP contribution is 2.21. The van der Waals surface area contributed by atoms with E-state index in [2.05, 4.69) is 32.2 Å². The van der Waals surface area contributed by atoms with Gasteiger partial charge in [-0.25, -0.2) is 0 Å². The fraction of sp³-hybridized carbons (Fsp3) is 0.533. The van der Waals surface area contributed by atoms with E-state index in [4.69, 9.17) is 10.5 Å². The second kappa shape index (κ2) is 6.57. The van der Waals surface area contributed by atoms with Gasteiger partial charge >= 0.3 is 0 Å². The lowest BCUT2D eigenvalue weighted by molar-refractivity contribution is -0.118. The molecule has 4 nitrogen and oxygen atoms in total. The van der Waals surface area contributed by atoms with Crippen LogP contribution in [0.1, 0.15) is 38.3 Å². The molecule has 1 aromatic carbocycles. The molecule has 19 heavy (non-hydrogen) atoms. The smallest absolute Gasteiger partial charge is 0.220 e. The minimum Gasteiger partial charge on any atom is -0.493 e. The summed E-state index contributed by atoms with van der Waals surface area (Å²) in [5, 5.41) is 3.43. The minimum atomic E-state index is -0.346. The lowest BCUT2D eigenvalue weighted by Crippen LogP contribution is -2.35. The Morgan fingerprint density at radius 1 is 1.37 bits per heavy atom. The number of amides is 1. The second-order valence-electron chi connectivity index (χ2n) is 5.78. The molecule has 0 aliphatic heterocycles. The van der Waals surface area contributed by atoms with E-state index in [9.17, 15) is 4.79 Å². The molecule has 0 aromatic heterocycles. The van der Waals surface area contributed by atoms with Crippen LogP contribution in [0, 0.1) is 6.92 Å². The number of carbonyl (C=O) groups excluding carboxylic acids is 1. The van der Waals surface area contributed by atoms with Gasteiger partial charge in [-0.1, -0.05) is 17.7 Å². The standard InChI is InChI=1S/C15H24N2O2/c1-11-5-6-13(19-8-7-14(16)18)12(9-11)10-17-15(2,3)4/h5-6,9,17H,7-8,10H2,1-4H3,(H2,16,18). The van der Waals surface area contributed by atoms with Crippen molar-refractivity contribution in [1.82, 2.24) is 5.32 Å². The molecule has 0 saturated heterocycles. The minimum absolute atomic E-state index is 0.0498. The number of nitrogens with two attached hydrogens (primary N) is 1. The first-order chi connectivity index (χ1) is 8.78. The summed E-state index contributed by atoms with van der Waals surface area (Å²) in [6.45, 7) is 9.47. The van der Waals surface area contributed by atoms with Crippen molar-refractivity contribution >= 4 is 5.91 Å². The Morgan fingerprint density at radius 2 is 2.05 bits per heavy atom. The first kappa shape index (κ1) is 15.5. The fourth-order valence-electron chi connectivity index (χ4n) is 1.61.